The molecule has 1 aliphatic heterocycles. The number of sulfonamides is 1. The fourth-order valence-electron chi connectivity index (χ4n) is 2.08. The van der Waals surface area contributed by atoms with E-state index >= 15 is 0 Å². The van der Waals surface area contributed by atoms with E-state index in [1.807, 2.05) is 0 Å². The molecule has 10 heteroatoms. The first-order valence-electron chi connectivity index (χ1n) is 6.21. The van der Waals surface area contributed by atoms with Crippen LogP contribution in [0, 0.1) is 0 Å². The quantitative estimate of drug-likeness (QED) is 0.873. The summed E-state index contributed by atoms with van der Waals surface area (Å²) in [6.07, 6.45) is -5.99. The number of carbonyl (C=O) groups excluding carboxylic acids is 1. The Hall–Kier alpha value is -1.65. The van der Waals surface area contributed by atoms with Gasteiger partial charge in [-0.15, -0.1) is 0 Å². The Morgan fingerprint density at radius 3 is 2.55 bits per heavy atom. The number of hydrogen-bond acceptors (Lipinski definition) is 4. The summed E-state index contributed by atoms with van der Waals surface area (Å²) in [5.41, 5.74) is 3.79. The van der Waals surface area contributed by atoms with Crippen LogP contribution < -0.4 is 5.73 Å². The maximum atomic E-state index is 13.0. The second-order valence-corrected chi connectivity index (χ2v) is 6.53. The van der Waals surface area contributed by atoms with Gasteiger partial charge in [0.25, 0.3) is 0 Å². The molecule has 2 rings (SSSR count). The van der Waals surface area contributed by atoms with Crippen LogP contribution in [0.2, 0.25) is 0 Å². The van der Waals surface area contributed by atoms with Gasteiger partial charge < -0.3 is 10.5 Å². The molecule has 122 valence electrons. The molecule has 6 nitrogen and oxygen atoms in total. The van der Waals surface area contributed by atoms with Gasteiger partial charge in [-0.1, -0.05) is 12.1 Å². The molecule has 1 aromatic rings. The Morgan fingerprint density at radius 1 is 1.32 bits per heavy atom. The smallest absolute Gasteiger partial charge is 0.367 e. The standard InChI is InChI=1S/C12H13F3N2O4S/c13-12(14,15)8-3-1-2-4-10(8)22(19,20)17-5-6-21-9(7-17)11(16)18/h1-4,9H,5-7H2,(H2,16,18). The van der Waals surface area contributed by atoms with Crippen LogP contribution in [-0.4, -0.2) is 44.4 Å². The third kappa shape index (κ3) is 3.23. The lowest BCUT2D eigenvalue weighted by molar-refractivity contribution is -0.140. The van der Waals surface area contributed by atoms with Crippen molar-refractivity contribution >= 4 is 15.9 Å². The van der Waals surface area contributed by atoms with Crippen LogP contribution in [0.5, 0.6) is 0 Å². The minimum absolute atomic E-state index is 0.124. The highest BCUT2D eigenvalue weighted by Crippen LogP contribution is 2.35. The molecule has 0 radical (unpaired) electrons. The minimum Gasteiger partial charge on any atom is -0.367 e. The van der Waals surface area contributed by atoms with Crippen LogP contribution in [-0.2, 0) is 25.7 Å². The van der Waals surface area contributed by atoms with Crippen molar-refractivity contribution in [3.05, 3.63) is 29.8 Å². The van der Waals surface area contributed by atoms with Gasteiger partial charge in [0.15, 0.2) is 0 Å². The lowest BCUT2D eigenvalue weighted by Gasteiger charge is -2.31. The lowest BCUT2D eigenvalue weighted by atomic mass is 10.2. The predicted octanol–water partition coefficient (Wildman–Crippen LogP) is 0.580. The van der Waals surface area contributed by atoms with Crippen molar-refractivity contribution in [2.24, 2.45) is 5.73 Å². The highest BCUT2D eigenvalue weighted by atomic mass is 32.2. The molecule has 1 heterocycles. The summed E-state index contributed by atoms with van der Waals surface area (Å²) >= 11 is 0. The summed E-state index contributed by atoms with van der Waals surface area (Å²) in [7, 11) is -4.42. The number of amides is 1. The van der Waals surface area contributed by atoms with E-state index in [2.05, 4.69) is 0 Å². The zero-order valence-electron chi connectivity index (χ0n) is 11.2. The molecule has 1 unspecified atom stereocenters. The van der Waals surface area contributed by atoms with Crippen molar-refractivity contribution in [3.8, 4) is 0 Å². The first-order valence-corrected chi connectivity index (χ1v) is 7.65. The molecular formula is C12H13F3N2O4S. The minimum atomic E-state index is -4.81. The molecule has 1 aromatic carbocycles. The van der Waals surface area contributed by atoms with Gasteiger partial charge in [-0.25, -0.2) is 8.42 Å². The van der Waals surface area contributed by atoms with Crippen molar-refractivity contribution in [3.63, 3.8) is 0 Å². The molecule has 1 saturated heterocycles. The molecule has 0 aromatic heterocycles. The molecule has 2 N–H and O–H groups in total. The van der Waals surface area contributed by atoms with Crippen LogP contribution in [0.1, 0.15) is 5.56 Å². The van der Waals surface area contributed by atoms with Crippen LogP contribution in [0.15, 0.2) is 29.2 Å². The Labute approximate surface area is 124 Å². The molecule has 0 bridgehead atoms. The van der Waals surface area contributed by atoms with E-state index in [1.54, 1.807) is 0 Å². The van der Waals surface area contributed by atoms with Crippen molar-refractivity contribution in [1.82, 2.24) is 4.31 Å². The van der Waals surface area contributed by atoms with Gasteiger partial charge in [-0.05, 0) is 12.1 Å². The SMILES string of the molecule is NC(=O)C1CN(S(=O)(=O)c2ccccc2C(F)(F)F)CCO1. The number of nitrogens with zero attached hydrogens (tertiary/aromatic N) is 1. The maximum Gasteiger partial charge on any atom is 0.417 e. The number of alkyl halides is 3. The van der Waals surface area contributed by atoms with Gasteiger partial charge in [-0.3, -0.25) is 4.79 Å². The number of rotatable bonds is 3. The Balaban J connectivity index is 2.41. The second kappa shape index (κ2) is 5.86. The first-order chi connectivity index (χ1) is 10.1. The molecular weight excluding hydrogens is 325 g/mol. The molecule has 1 atom stereocenters. The number of halogens is 3. The summed E-state index contributed by atoms with van der Waals surface area (Å²) in [6.45, 7) is -0.691. The summed E-state index contributed by atoms with van der Waals surface area (Å²) in [6, 6.07) is 3.88. The topological polar surface area (TPSA) is 89.7 Å². The van der Waals surface area contributed by atoms with Gasteiger partial charge >= 0.3 is 6.18 Å². The lowest BCUT2D eigenvalue weighted by Crippen LogP contribution is -2.50. The summed E-state index contributed by atoms with van der Waals surface area (Å²) in [4.78, 5) is 10.2. The molecule has 22 heavy (non-hydrogen) atoms. The second-order valence-electron chi connectivity index (χ2n) is 4.62. The Kier molecular flexibility index (Phi) is 4.45. The molecule has 0 aliphatic carbocycles. The fourth-order valence-corrected chi connectivity index (χ4v) is 3.72. The van der Waals surface area contributed by atoms with E-state index in [4.69, 9.17) is 10.5 Å². The number of benzene rings is 1. The van der Waals surface area contributed by atoms with Crippen molar-refractivity contribution < 1.29 is 31.1 Å². The normalized spacial score (nSPS) is 20.8. The van der Waals surface area contributed by atoms with E-state index in [0.717, 1.165) is 16.4 Å². The average Bonchev–Trinajstić information content (AvgIpc) is 2.46. The summed E-state index contributed by atoms with van der Waals surface area (Å²) < 4.78 is 69.6. The van der Waals surface area contributed by atoms with E-state index in [-0.39, 0.29) is 13.2 Å². The number of primary amides is 1. The van der Waals surface area contributed by atoms with Gasteiger partial charge in [0.1, 0.15) is 6.10 Å². The molecule has 1 amide bonds. The zero-order valence-corrected chi connectivity index (χ0v) is 12.0. The van der Waals surface area contributed by atoms with E-state index in [9.17, 15) is 26.4 Å². The fraction of sp³-hybridized carbons (Fsp3) is 0.417. The Morgan fingerprint density at radius 2 is 1.95 bits per heavy atom. The molecule has 1 aliphatic rings. The van der Waals surface area contributed by atoms with Gasteiger partial charge in [0.2, 0.25) is 15.9 Å². The van der Waals surface area contributed by atoms with Gasteiger partial charge in [-0.2, -0.15) is 17.5 Å². The highest BCUT2D eigenvalue weighted by molar-refractivity contribution is 7.89. The Bertz CT molecular complexity index is 675. The van der Waals surface area contributed by atoms with E-state index in [1.165, 1.54) is 6.07 Å². The number of nitrogens with two attached hydrogens (primary N) is 1. The van der Waals surface area contributed by atoms with Crippen LogP contribution in [0.3, 0.4) is 0 Å². The number of carbonyl (C=O) groups is 1. The van der Waals surface area contributed by atoms with Crippen LogP contribution in [0.25, 0.3) is 0 Å². The summed E-state index contributed by atoms with van der Waals surface area (Å²) in [5.74, 6) is -0.871. The third-order valence-corrected chi connectivity index (χ3v) is 5.08. The first kappa shape index (κ1) is 16.7. The maximum absolute atomic E-state index is 13.0. The number of ether oxygens (including phenoxy) is 1. The van der Waals surface area contributed by atoms with Crippen LogP contribution in [0.4, 0.5) is 13.2 Å². The van der Waals surface area contributed by atoms with Crippen molar-refractivity contribution in [1.29, 1.82) is 0 Å². The van der Waals surface area contributed by atoms with Gasteiger partial charge in [0.05, 0.1) is 17.1 Å². The summed E-state index contributed by atoms with van der Waals surface area (Å²) in [5, 5.41) is 0. The van der Waals surface area contributed by atoms with E-state index < -0.39 is 45.2 Å². The largest absolute Gasteiger partial charge is 0.417 e. The van der Waals surface area contributed by atoms with Crippen molar-refractivity contribution in [2.75, 3.05) is 19.7 Å². The molecule has 1 fully saturated rings. The van der Waals surface area contributed by atoms with Gasteiger partial charge in [0, 0.05) is 13.1 Å². The van der Waals surface area contributed by atoms with Crippen molar-refractivity contribution in [2.45, 2.75) is 17.2 Å². The number of hydrogen-bond donors (Lipinski definition) is 1. The highest BCUT2D eigenvalue weighted by Gasteiger charge is 2.40. The number of morpholine rings is 1. The predicted molar refractivity (Wildman–Crippen MR) is 69.1 cm³/mol. The third-order valence-electron chi connectivity index (χ3n) is 3.16. The van der Waals surface area contributed by atoms with E-state index in [0.29, 0.717) is 6.07 Å². The average molecular weight is 338 g/mol. The van der Waals surface area contributed by atoms with Crippen LogP contribution >= 0.6 is 0 Å². The molecule has 0 spiro atoms. The molecule has 0 saturated carbocycles. The zero-order chi connectivity index (χ0) is 16.5. The monoisotopic (exact) mass is 338 g/mol.